The number of ketones is 2. The van der Waals surface area contributed by atoms with Crippen molar-refractivity contribution in [1.82, 2.24) is 10.6 Å². The second-order valence-electron chi connectivity index (χ2n) is 9.78. The fourth-order valence-electron chi connectivity index (χ4n) is 4.42. The molecule has 1 saturated carbocycles. The van der Waals surface area contributed by atoms with Gasteiger partial charge in [-0.2, -0.15) is 0 Å². The molecule has 2 fully saturated rings. The molecule has 0 aromatic heterocycles. The van der Waals surface area contributed by atoms with Crippen LogP contribution in [0.25, 0.3) is 0 Å². The van der Waals surface area contributed by atoms with Crippen LogP contribution in [0.15, 0.2) is 11.3 Å². The lowest BCUT2D eigenvalue weighted by molar-refractivity contribution is -0.227. The summed E-state index contributed by atoms with van der Waals surface area (Å²) in [5.74, 6) is -3.26. The van der Waals surface area contributed by atoms with Gasteiger partial charge in [-0.25, -0.2) is 0 Å². The molecule has 0 unspecified atom stereocenters. The molecule has 1 aliphatic carbocycles. The molecule has 12 nitrogen and oxygen atoms in total. The molecule has 0 bridgehead atoms. The van der Waals surface area contributed by atoms with Crippen molar-refractivity contribution < 1.29 is 47.7 Å². The Kier molecular flexibility index (Phi) is 9.36. The highest BCUT2D eigenvalue weighted by Crippen LogP contribution is 2.35. The minimum Gasteiger partial charge on any atom is -0.463 e. The molecule has 0 aromatic rings. The average molecular weight is 511 g/mol. The van der Waals surface area contributed by atoms with E-state index in [-0.39, 0.29) is 42.3 Å². The number of nitrogens with one attached hydrogen (secondary N) is 2. The Morgan fingerprint density at radius 1 is 0.861 bits per heavy atom. The highest BCUT2D eigenvalue weighted by atomic mass is 16.6. The van der Waals surface area contributed by atoms with E-state index < -0.39 is 59.8 Å². The van der Waals surface area contributed by atoms with Crippen LogP contribution in [-0.4, -0.2) is 72.6 Å². The number of amides is 1. The maximum atomic E-state index is 12.8. The number of carbonyl (C=O) groups excluding carboxylic acids is 6. The van der Waals surface area contributed by atoms with Crippen molar-refractivity contribution in [2.24, 2.45) is 5.41 Å². The molecular weight excluding hydrogens is 476 g/mol. The Morgan fingerprint density at radius 3 is 1.86 bits per heavy atom. The van der Waals surface area contributed by atoms with Crippen LogP contribution in [0.3, 0.4) is 0 Å². The van der Waals surface area contributed by atoms with Crippen LogP contribution in [0.1, 0.15) is 61.3 Å². The van der Waals surface area contributed by atoms with Gasteiger partial charge in [0.2, 0.25) is 5.91 Å². The van der Waals surface area contributed by atoms with Crippen LogP contribution in [0.4, 0.5) is 0 Å². The molecule has 1 amide bonds. The summed E-state index contributed by atoms with van der Waals surface area (Å²) in [6, 6.07) is -1.11. The lowest BCUT2D eigenvalue weighted by Crippen LogP contribution is -2.69. The number of esters is 3. The third kappa shape index (κ3) is 7.61. The highest BCUT2D eigenvalue weighted by molar-refractivity contribution is 6.22. The summed E-state index contributed by atoms with van der Waals surface area (Å²) in [5.41, 5.74) is -0.271. The van der Waals surface area contributed by atoms with Gasteiger partial charge in [-0.15, -0.1) is 0 Å². The minimum absolute atomic E-state index is 0.0119. The molecule has 0 spiro atoms. The third-order valence-corrected chi connectivity index (χ3v) is 5.69. The first-order valence-corrected chi connectivity index (χ1v) is 11.6. The maximum Gasteiger partial charge on any atom is 0.303 e. The molecule has 0 aromatic carbocycles. The Labute approximate surface area is 209 Å². The van der Waals surface area contributed by atoms with Gasteiger partial charge in [0.05, 0.1) is 5.57 Å². The Morgan fingerprint density at radius 2 is 1.39 bits per heavy atom. The maximum absolute atomic E-state index is 12.8. The van der Waals surface area contributed by atoms with Crippen LogP contribution >= 0.6 is 0 Å². The summed E-state index contributed by atoms with van der Waals surface area (Å²) in [5, 5.41) is 5.58. The molecule has 1 aliphatic heterocycles. The van der Waals surface area contributed by atoms with E-state index >= 15 is 0 Å². The molecule has 1 saturated heterocycles. The van der Waals surface area contributed by atoms with Crippen LogP contribution in [0.5, 0.6) is 0 Å². The number of hydrogen-bond donors (Lipinski definition) is 2. The normalized spacial score (nSPS) is 27.5. The van der Waals surface area contributed by atoms with E-state index in [0.29, 0.717) is 0 Å². The minimum atomic E-state index is -1.25. The van der Waals surface area contributed by atoms with Crippen molar-refractivity contribution >= 4 is 35.4 Å². The van der Waals surface area contributed by atoms with Crippen molar-refractivity contribution in [2.75, 3.05) is 6.61 Å². The molecule has 1 heterocycles. The predicted octanol–water partition coefficient (Wildman–Crippen LogP) is 0.464. The first kappa shape index (κ1) is 29.0. The van der Waals surface area contributed by atoms with E-state index in [2.05, 4.69) is 10.6 Å². The first-order chi connectivity index (χ1) is 16.6. The third-order valence-electron chi connectivity index (χ3n) is 5.69. The molecule has 2 aliphatic rings. The summed E-state index contributed by atoms with van der Waals surface area (Å²) in [6.45, 7) is 9.52. The van der Waals surface area contributed by atoms with E-state index in [9.17, 15) is 28.8 Å². The Balaban J connectivity index is 2.51. The quantitative estimate of drug-likeness (QED) is 0.212. The van der Waals surface area contributed by atoms with Crippen molar-refractivity contribution in [2.45, 2.75) is 91.9 Å². The fraction of sp³-hybridized carbons (Fsp3) is 0.667. The van der Waals surface area contributed by atoms with Gasteiger partial charge >= 0.3 is 17.9 Å². The average Bonchev–Trinajstić information content (AvgIpc) is 2.68. The van der Waals surface area contributed by atoms with Gasteiger partial charge in [0.25, 0.3) is 0 Å². The van der Waals surface area contributed by atoms with Gasteiger partial charge in [0.1, 0.15) is 18.8 Å². The van der Waals surface area contributed by atoms with E-state index in [1.54, 1.807) is 0 Å². The van der Waals surface area contributed by atoms with Crippen LogP contribution in [0, 0.1) is 5.41 Å². The van der Waals surface area contributed by atoms with Crippen LogP contribution in [-0.2, 0) is 47.7 Å². The van der Waals surface area contributed by atoms with Gasteiger partial charge in [0.15, 0.2) is 30.0 Å². The Hall–Kier alpha value is -3.28. The van der Waals surface area contributed by atoms with E-state index in [0.717, 1.165) is 13.8 Å². The van der Waals surface area contributed by atoms with Gasteiger partial charge in [-0.05, 0) is 12.3 Å². The fourth-order valence-corrected chi connectivity index (χ4v) is 4.42. The molecule has 2 N–H and O–H groups in total. The SMILES string of the molecule is CC(=O)N[C@@H]1[C@@H](OC(C)=O)[C@H](OC(C)=O)[C@@H](COC(C)=O)O[C@H]1NC(C)=C1C(=O)CC(C)(C)CC1=O. The van der Waals surface area contributed by atoms with Crippen molar-refractivity contribution in [3.8, 4) is 0 Å². The topological polar surface area (TPSA) is 163 Å². The van der Waals surface area contributed by atoms with Crippen molar-refractivity contribution in [1.29, 1.82) is 0 Å². The molecule has 12 heteroatoms. The van der Waals surface area contributed by atoms with E-state index in [1.165, 1.54) is 20.8 Å². The molecule has 0 radical (unpaired) electrons. The zero-order chi connectivity index (χ0) is 27.4. The van der Waals surface area contributed by atoms with E-state index in [4.69, 9.17) is 18.9 Å². The lowest BCUT2D eigenvalue weighted by atomic mass is 9.73. The van der Waals surface area contributed by atoms with E-state index in [1.807, 2.05) is 13.8 Å². The van der Waals surface area contributed by atoms with Gasteiger partial charge in [-0.1, -0.05) is 13.8 Å². The second kappa shape index (κ2) is 11.6. The molecule has 2 rings (SSSR count). The zero-order valence-corrected chi connectivity index (χ0v) is 21.6. The van der Waals surface area contributed by atoms with Gasteiger partial charge < -0.3 is 29.6 Å². The monoisotopic (exact) mass is 510 g/mol. The summed E-state index contributed by atoms with van der Waals surface area (Å²) in [6.07, 6.45) is -4.42. The van der Waals surface area contributed by atoms with Gasteiger partial charge in [-0.3, -0.25) is 28.8 Å². The number of hydrogen-bond acceptors (Lipinski definition) is 11. The zero-order valence-electron chi connectivity index (χ0n) is 21.6. The van der Waals surface area contributed by atoms with Crippen LogP contribution in [0.2, 0.25) is 0 Å². The molecular formula is C24H34N2O10. The highest BCUT2D eigenvalue weighted by Gasteiger charge is 2.51. The van der Waals surface area contributed by atoms with Crippen LogP contribution < -0.4 is 10.6 Å². The number of allylic oxidation sites excluding steroid dienone is 2. The standard InChI is InChI=1S/C24H34N2O10/c1-11(19-16(31)8-24(6,7)9-17(19)32)25-23-20(26-12(2)27)22(35-15(5)30)21(34-14(4)29)18(36-23)10-33-13(3)28/h18,20-23,25H,8-10H2,1-7H3,(H,26,27)/t18-,20-,21-,22-,23-/m1/s1. The smallest absolute Gasteiger partial charge is 0.303 e. The molecule has 200 valence electrons. The summed E-state index contributed by atoms with van der Waals surface area (Å²) < 4.78 is 21.9. The summed E-state index contributed by atoms with van der Waals surface area (Å²) in [4.78, 5) is 72.8. The largest absolute Gasteiger partial charge is 0.463 e. The molecule has 36 heavy (non-hydrogen) atoms. The Bertz CT molecular complexity index is 948. The first-order valence-electron chi connectivity index (χ1n) is 11.6. The lowest BCUT2D eigenvalue weighted by Gasteiger charge is -2.45. The molecule has 5 atom stereocenters. The number of carbonyl (C=O) groups is 6. The van der Waals surface area contributed by atoms with Crippen molar-refractivity contribution in [3.63, 3.8) is 0 Å². The number of rotatable bonds is 7. The van der Waals surface area contributed by atoms with Gasteiger partial charge in [0, 0.05) is 46.2 Å². The summed E-state index contributed by atoms with van der Waals surface area (Å²) >= 11 is 0. The van der Waals surface area contributed by atoms with Crippen molar-refractivity contribution in [3.05, 3.63) is 11.3 Å². The second-order valence-corrected chi connectivity index (χ2v) is 9.78. The summed E-state index contributed by atoms with van der Waals surface area (Å²) in [7, 11) is 0. The number of Topliss-reactive ketones (excluding diaryl/α,β-unsaturated/α-hetero) is 2. The predicted molar refractivity (Wildman–Crippen MR) is 123 cm³/mol. The number of ether oxygens (including phenoxy) is 4.